The molecule has 0 amide bonds. The molecule has 0 radical (unpaired) electrons. The van der Waals surface area contributed by atoms with Gasteiger partial charge in [-0.1, -0.05) is 32.9 Å². The molecule has 22 heavy (non-hydrogen) atoms. The molecule has 3 aromatic rings. The standard InChI is InChI=1S/C16H17N3O3/c1-16(2,3)13-8-17-14(22-13)9-20-12-7-5-4-6-11(12)15-19-18-10-21-15/h4-8,10H,9H2,1-3H3. The molecule has 0 aliphatic rings. The molecule has 2 aromatic heterocycles. The summed E-state index contributed by atoms with van der Waals surface area (Å²) in [7, 11) is 0. The molecule has 0 saturated heterocycles. The van der Waals surface area contributed by atoms with E-state index in [4.69, 9.17) is 13.6 Å². The molecule has 0 spiro atoms. The first kappa shape index (κ1) is 14.3. The highest BCUT2D eigenvalue weighted by Gasteiger charge is 2.19. The van der Waals surface area contributed by atoms with Gasteiger partial charge in [0.25, 0.3) is 5.89 Å². The van der Waals surface area contributed by atoms with Crippen LogP contribution in [0.2, 0.25) is 0 Å². The number of rotatable bonds is 4. The van der Waals surface area contributed by atoms with E-state index in [1.165, 1.54) is 6.39 Å². The van der Waals surface area contributed by atoms with Gasteiger partial charge in [-0.15, -0.1) is 10.2 Å². The fourth-order valence-corrected chi connectivity index (χ4v) is 1.92. The summed E-state index contributed by atoms with van der Waals surface area (Å²) in [5, 5.41) is 7.59. The van der Waals surface area contributed by atoms with Crippen molar-refractivity contribution in [2.45, 2.75) is 32.8 Å². The van der Waals surface area contributed by atoms with Crippen LogP contribution in [0.1, 0.15) is 32.4 Å². The zero-order chi connectivity index (χ0) is 15.6. The maximum atomic E-state index is 5.79. The zero-order valence-corrected chi connectivity index (χ0v) is 12.7. The summed E-state index contributed by atoms with van der Waals surface area (Å²) >= 11 is 0. The number of hydrogen-bond donors (Lipinski definition) is 0. The van der Waals surface area contributed by atoms with Gasteiger partial charge in [-0.2, -0.15) is 0 Å². The lowest BCUT2D eigenvalue weighted by Crippen LogP contribution is -2.09. The second-order valence-corrected chi connectivity index (χ2v) is 5.90. The summed E-state index contributed by atoms with van der Waals surface area (Å²) in [6, 6.07) is 7.47. The monoisotopic (exact) mass is 299 g/mol. The van der Waals surface area contributed by atoms with Crippen molar-refractivity contribution in [2.24, 2.45) is 0 Å². The number of benzene rings is 1. The minimum Gasteiger partial charge on any atom is -0.483 e. The summed E-state index contributed by atoms with van der Waals surface area (Å²) in [6.45, 7) is 6.45. The molecule has 0 bridgehead atoms. The molecule has 1 aromatic carbocycles. The average Bonchev–Trinajstić information content (AvgIpc) is 3.16. The van der Waals surface area contributed by atoms with Gasteiger partial charge in [0, 0.05) is 5.41 Å². The van der Waals surface area contributed by atoms with Gasteiger partial charge in [-0.25, -0.2) is 4.98 Å². The van der Waals surface area contributed by atoms with E-state index in [1.807, 2.05) is 24.3 Å². The van der Waals surface area contributed by atoms with E-state index in [1.54, 1.807) is 6.20 Å². The van der Waals surface area contributed by atoms with E-state index >= 15 is 0 Å². The summed E-state index contributed by atoms with van der Waals surface area (Å²) in [5.41, 5.74) is 0.662. The van der Waals surface area contributed by atoms with Crippen LogP contribution in [0.25, 0.3) is 11.5 Å². The van der Waals surface area contributed by atoms with Crippen LogP contribution >= 0.6 is 0 Å². The Labute approximate surface area is 128 Å². The molecule has 3 rings (SSSR count). The molecule has 0 unspecified atom stereocenters. The van der Waals surface area contributed by atoms with Crippen molar-refractivity contribution < 1.29 is 13.6 Å². The van der Waals surface area contributed by atoms with Crippen LogP contribution < -0.4 is 4.74 Å². The van der Waals surface area contributed by atoms with Crippen molar-refractivity contribution in [3.8, 4) is 17.2 Å². The summed E-state index contributed by atoms with van der Waals surface area (Å²) in [4.78, 5) is 4.25. The van der Waals surface area contributed by atoms with Crippen LogP contribution in [-0.4, -0.2) is 15.2 Å². The summed E-state index contributed by atoms with van der Waals surface area (Å²) in [6.07, 6.45) is 3.03. The molecule has 2 heterocycles. The first-order chi connectivity index (χ1) is 10.5. The Hall–Kier alpha value is -2.63. The van der Waals surface area contributed by atoms with E-state index in [0.717, 1.165) is 11.3 Å². The van der Waals surface area contributed by atoms with Gasteiger partial charge in [-0.3, -0.25) is 0 Å². The minimum atomic E-state index is -0.0765. The van der Waals surface area contributed by atoms with Crippen molar-refractivity contribution in [3.63, 3.8) is 0 Å². The lowest BCUT2D eigenvalue weighted by atomic mass is 9.94. The Morgan fingerprint density at radius 3 is 2.68 bits per heavy atom. The largest absolute Gasteiger partial charge is 0.483 e. The number of ether oxygens (including phenoxy) is 1. The third-order valence-electron chi connectivity index (χ3n) is 3.12. The molecule has 0 fully saturated rings. The number of aromatic nitrogens is 3. The number of nitrogens with zero attached hydrogens (tertiary/aromatic N) is 3. The second kappa shape index (κ2) is 5.63. The van der Waals surface area contributed by atoms with Gasteiger partial charge in [0.15, 0.2) is 6.61 Å². The highest BCUT2D eigenvalue weighted by Crippen LogP contribution is 2.29. The van der Waals surface area contributed by atoms with Gasteiger partial charge in [0.05, 0.1) is 11.8 Å². The second-order valence-electron chi connectivity index (χ2n) is 5.90. The van der Waals surface area contributed by atoms with Crippen LogP contribution in [0.15, 0.2) is 45.7 Å². The number of oxazole rings is 1. The van der Waals surface area contributed by atoms with E-state index < -0.39 is 0 Å². The Bertz CT molecular complexity index is 742. The normalized spacial score (nSPS) is 11.6. The van der Waals surface area contributed by atoms with E-state index in [2.05, 4.69) is 36.0 Å². The Morgan fingerprint density at radius 1 is 1.18 bits per heavy atom. The highest BCUT2D eigenvalue weighted by atomic mass is 16.5. The first-order valence-corrected chi connectivity index (χ1v) is 6.97. The van der Waals surface area contributed by atoms with Crippen LogP contribution in [0.3, 0.4) is 0 Å². The third-order valence-corrected chi connectivity index (χ3v) is 3.12. The van der Waals surface area contributed by atoms with Crippen molar-refractivity contribution in [3.05, 3.63) is 48.5 Å². The molecular formula is C16H17N3O3. The van der Waals surface area contributed by atoms with Crippen molar-refractivity contribution >= 4 is 0 Å². The van der Waals surface area contributed by atoms with Crippen LogP contribution in [0, 0.1) is 0 Å². The Kier molecular flexibility index (Phi) is 3.66. The molecule has 0 N–H and O–H groups in total. The fraction of sp³-hybridized carbons (Fsp3) is 0.312. The van der Waals surface area contributed by atoms with E-state index in [9.17, 15) is 0 Å². The zero-order valence-electron chi connectivity index (χ0n) is 12.7. The van der Waals surface area contributed by atoms with Crippen LogP contribution in [0.4, 0.5) is 0 Å². The Balaban J connectivity index is 1.76. The average molecular weight is 299 g/mol. The molecule has 6 heteroatoms. The van der Waals surface area contributed by atoms with Gasteiger partial charge in [0.2, 0.25) is 12.3 Å². The predicted octanol–water partition coefficient (Wildman–Crippen LogP) is 3.60. The summed E-state index contributed by atoms with van der Waals surface area (Å²) in [5.74, 6) is 2.42. The van der Waals surface area contributed by atoms with Crippen molar-refractivity contribution in [2.75, 3.05) is 0 Å². The van der Waals surface area contributed by atoms with Crippen LogP contribution in [-0.2, 0) is 12.0 Å². The molecule has 0 saturated carbocycles. The molecule has 0 aliphatic carbocycles. The van der Waals surface area contributed by atoms with Gasteiger partial charge in [0.1, 0.15) is 11.5 Å². The predicted molar refractivity (Wildman–Crippen MR) is 79.3 cm³/mol. The number of para-hydroxylation sites is 1. The van der Waals surface area contributed by atoms with Gasteiger partial charge in [-0.05, 0) is 12.1 Å². The minimum absolute atomic E-state index is 0.0765. The van der Waals surface area contributed by atoms with Gasteiger partial charge >= 0.3 is 0 Å². The smallest absolute Gasteiger partial charge is 0.251 e. The quantitative estimate of drug-likeness (QED) is 0.732. The number of hydrogen-bond acceptors (Lipinski definition) is 6. The lowest BCUT2D eigenvalue weighted by molar-refractivity contribution is 0.252. The molecule has 6 nitrogen and oxygen atoms in total. The molecule has 0 atom stereocenters. The summed E-state index contributed by atoms with van der Waals surface area (Å²) < 4.78 is 16.7. The van der Waals surface area contributed by atoms with E-state index in [-0.39, 0.29) is 12.0 Å². The Morgan fingerprint density at radius 2 is 2.00 bits per heavy atom. The SMILES string of the molecule is CC(C)(C)c1cnc(COc2ccccc2-c2nnco2)o1. The molecule has 0 aliphatic heterocycles. The fourth-order valence-electron chi connectivity index (χ4n) is 1.92. The van der Waals surface area contributed by atoms with Crippen molar-refractivity contribution in [1.29, 1.82) is 0 Å². The maximum absolute atomic E-state index is 5.79. The highest BCUT2D eigenvalue weighted by molar-refractivity contribution is 5.61. The first-order valence-electron chi connectivity index (χ1n) is 6.97. The van der Waals surface area contributed by atoms with Gasteiger partial charge < -0.3 is 13.6 Å². The third kappa shape index (κ3) is 3.00. The topological polar surface area (TPSA) is 74.2 Å². The molecular weight excluding hydrogens is 282 g/mol. The van der Waals surface area contributed by atoms with Crippen molar-refractivity contribution in [1.82, 2.24) is 15.2 Å². The maximum Gasteiger partial charge on any atom is 0.251 e. The molecule has 114 valence electrons. The lowest BCUT2D eigenvalue weighted by Gasteiger charge is -2.13. The van der Waals surface area contributed by atoms with Crippen LogP contribution in [0.5, 0.6) is 5.75 Å². The van der Waals surface area contributed by atoms with E-state index in [0.29, 0.717) is 17.5 Å².